The van der Waals surface area contributed by atoms with Crippen LogP contribution in [-0.4, -0.2) is 25.8 Å². The average Bonchev–Trinajstić information content (AvgIpc) is 2.47. The number of ether oxygens (including phenoxy) is 1. The van der Waals surface area contributed by atoms with Gasteiger partial charge in [-0.05, 0) is 0 Å². The molecule has 0 fully saturated rings. The second kappa shape index (κ2) is 6.32. The minimum atomic E-state index is -0.499. The van der Waals surface area contributed by atoms with Crippen molar-refractivity contribution in [1.82, 2.24) is 0 Å². The fraction of sp³-hybridized carbons (Fsp3) is 0.0714. The number of hydrogen-bond donors (Lipinski definition) is 0. The van der Waals surface area contributed by atoms with E-state index in [1.54, 1.807) is 12.1 Å². The number of non-ortho nitro benzene ring substituents is 1. The van der Waals surface area contributed by atoms with Crippen LogP contribution in [0.1, 0.15) is 10.4 Å². The zero-order valence-corrected chi connectivity index (χ0v) is 12.3. The molecule has 0 atom stereocenters. The van der Waals surface area contributed by atoms with E-state index in [0.29, 0.717) is 11.3 Å². The van der Waals surface area contributed by atoms with E-state index in [2.05, 4.69) is 0 Å². The van der Waals surface area contributed by atoms with Crippen molar-refractivity contribution in [3.05, 3.63) is 64.2 Å². The Morgan fingerprint density at radius 2 is 1.80 bits per heavy atom. The molecule has 0 bridgehead atoms. The monoisotopic (exact) mass is 337 g/mol. The summed E-state index contributed by atoms with van der Waals surface area (Å²) in [6.07, 6.45) is 0. The molecule has 5 nitrogen and oxygen atoms in total. The maximum atomic E-state index is 12.1. The third-order valence-electron chi connectivity index (χ3n) is 2.58. The van der Waals surface area contributed by atoms with Crippen molar-refractivity contribution in [2.24, 2.45) is 0 Å². The van der Waals surface area contributed by atoms with Crippen molar-refractivity contribution in [1.29, 1.82) is 0 Å². The Morgan fingerprint density at radius 3 is 2.40 bits per heavy atom. The van der Waals surface area contributed by atoms with Gasteiger partial charge in [0.1, 0.15) is 0 Å². The molecule has 6 heteroatoms. The van der Waals surface area contributed by atoms with Crippen LogP contribution in [-0.2, 0) is 0 Å². The molecule has 0 N–H and O–H groups in total. The van der Waals surface area contributed by atoms with Gasteiger partial charge in [-0.2, -0.15) is 0 Å². The normalized spacial score (nSPS) is 10.1. The summed E-state index contributed by atoms with van der Waals surface area (Å²) in [4.78, 5) is 22.1. The standard InChI is InChI=1S/C14H11NO4Se/c1-20-13-5-3-2-4-12(13)14(16)19-11-8-6-10(7-9-11)15(17)18/h2-9H,1H3. The number of nitro groups is 1. The molecule has 2 rings (SSSR count). The summed E-state index contributed by atoms with van der Waals surface area (Å²) >= 11 is 0.186. The predicted molar refractivity (Wildman–Crippen MR) is 75.7 cm³/mol. The van der Waals surface area contributed by atoms with Gasteiger partial charge in [-0.25, -0.2) is 0 Å². The first-order valence-corrected chi connectivity index (χ1v) is 8.28. The van der Waals surface area contributed by atoms with Crippen LogP contribution in [0.5, 0.6) is 5.75 Å². The molecule has 0 unspecified atom stereocenters. The van der Waals surface area contributed by atoms with E-state index in [-0.39, 0.29) is 20.6 Å². The van der Waals surface area contributed by atoms with Crippen LogP contribution in [0, 0.1) is 10.1 Å². The first-order valence-electron chi connectivity index (χ1n) is 5.71. The van der Waals surface area contributed by atoms with Gasteiger partial charge in [-0.3, -0.25) is 0 Å². The Morgan fingerprint density at radius 1 is 1.15 bits per heavy atom. The van der Waals surface area contributed by atoms with Gasteiger partial charge in [-0.15, -0.1) is 0 Å². The number of nitro benzene ring substituents is 1. The number of carbonyl (C=O) groups is 1. The van der Waals surface area contributed by atoms with E-state index in [0.717, 1.165) is 4.46 Å². The summed E-state index contributed by atoms with van der Waals surface area (Å²) in [6.45, 7) is 0. The van der Waals surface area contributed by atoms with Gasteiger partial charge in [0.25, 0.3) is 0 Å². The average molecular weight is 336 g/mol. The summed E-state index contributed by atoms with van der Waals surface area (Å²) in [6, 6.07) is 12.7. The van der Waals surface area contributed by atoms with Crippen LogP contribution in [0.2, 0.25) is 5.82 Å². The molecule has 0 saturated heterocycles. The van der Waals surface area contributed by atoms with E-state index in [1.807, 2.05) is 18.0 Å². The molecule has 0 saturated carbocycles. The van der Waals surface area contributed by atoms with Gasteiger partial charge in [0, 0.05) is 0 Å². The zero-order chi connectivity index (χ0) is 14.5. The SMILES string of the molecule is C[Se]c1ccccc1C(=O)Oc1ccc([N+](=O)[O-])cc1. The van der Waals surface area contributed by atoms with E-state index < -0.39 is 10.9 Å². The fourth-order valence-electron chi connectivity index (χ4n) is 1.61. The van der Waals surface area contributed by atoms with Crippen molar-refractivity contribution in [2.45, 2.75) is 5.82 Å². The second-order valence-corrected chi connectivity index (χ2v) is 5.62. The quantitative estimate of drug-likeness (QED) is 0.282. The van der Waals surface area contributed by atoms with E-state index in [9.17, 15) is 14.9 Å². The van der Waals surface area contributed by atoms with Gasteiger partial charge >= 0.3 is 121 Å². The van der Waals surface area contributed by atoms with Crippen molar-refractivity contribution >= 4 is 31.1 Å². The Kier molecular flexibility index (Phi) is 4.50. The molecule has 0 radical (unpaired) electrons. The van der Waals surface area contributed by atoms with Crippen molar-refractivity contribution in [3.63, 3.8) is 0 Å². The number of benzene rings is 2. The molecular weight excluding hydrogens is 325 g/mol. The van der Waals surface area contributed by atoms with Crippen molar-refractivity contribution < 1.29 is 14.5 Å². The Bertz CT molecular complexity index is 640. The van der Waals surface area contributed by atoms with Crippen LogP contribution in [0.3, 0.4) is 0 Å². The number of hydrogen-bond acceptors (Lipinski definition) is 4. The van der Waals surface area contributed by atoms with Crippen LogP contribution >= 0.6 is 0 Å². The third kappa shape index (κ3) is 3.23. The Hall–Kier alpha value is -2.17. The topological polar surface area (TPSA) is 69.4 Å². The Labute approximate surface area is 121 Å². The van der Waals surface area contributed by atoms with Crippen LogP contribution in [0.25, 0.3) is 0 Å². The molecule has 0 aliphatic heterocycles. The van der Waals surface area contributed by atoms with Gasteiger partial charge in [-0.1, -0.05) is 0 Å². The first-order chi connectivity index (χ1) is 9.61. The van der Waals surface area contributed by atoms with Gasteiger partial charge in [0.2, 0.25) is 0 Å². The second-order valence-electron chi connectivity index (χ2n) is 3.84. The van der Waals surface area contributed by atoms with Gasteiger partial charge in [0.15, 0.2) is 0 Å². The summed E-state index contributed by atoms with van der Waals surface area (Å²) in [5, 5.41) is 10.5. The minimum absolute atomic E-state index is 0.0397. The molecule has 0 spiro atoms. The predicted octanol–water partition coefficient (Wildman–Crippen LogP) is 2.19. The fourth-order valence-corrected chi connectivity index (χ4v) is 2.84. The van der Waals surface area contributed by atoms with Gasteiger partial charge in [0.05, 0.1) is 0 Å². The molecule has 2 aromatic carbocycles. The summed E-state index contributed by atoms with van der Waals surface area (Å²) in [5.41, 5.74) is 0.496. The number of nitrogens with zero attached hydrogens (tertiary/aromatic N) is 1. The zero-order valence-electron chi connectivity index (χ0n) is 10.6. The van der Waals surface area contributed by atoms with E-state index in [4.69, 9.17) is 4.74 Å². The molecule has 0 aliphatic rings. The first kappa shape index (κ1) is 14.2. The number of rotatable bonds is 4. The molecule has 2 aromatic rings. The summed E-state index contributed by atoms with van der Waals surface area (Å²) in [7, 11) is 0. The van der Waals surface area contributed by atoms with E-state index >= 15 is 0 Å². The van der Waals surface area contributed by atoms with Crippen molar-refractivity contribution in [2.75, 3.05) is 0 Å². The maximum absolute atomic E-state index is 12.1. The molecule has 0 aromatic heterocycles. The van der Waals surface area contributed by atoms with Crippen LogP contribution in [0.4, 0.5) is 5.69 Å². The molecular formula is C14H11NO4Se. The molecule has 0 amide bonds. The molecule has 102 valence electrons. The number of carbonyl (C=O) groups excluding carboxylic acids is 1. The van der Waals surface area contributed by atoms with Crippen LogP contribution < -0.4 is 9.20 Å². The summed E-state index contributed by atoms with van der Waals surface area (Å²) < 4.78 is 6.19. The number of esters is 1. The van der Waals surface area contributed by atoms with Gasteiger partial charge < -0.3 is 0 Å². The molecule has 0 heterocycles. The molecule has 0 aliphatic carbocycles. The third-order valence-corrected chi connectivity index (χ3v) is 4.25. The Balaban J connectivity index is 2.17. The van der Waals surface area contributed by atoms with Crippen molar-refractivity contribution in [3.8, 4) is 5.75 Å². The molecule has 20 heavy (non-hydrogen) atoms. The van der Waals surface area contributed by atoms with E-state index in [1.165, 1.54) is 24.3 Å². The van der Waals surface area contributed by atoms with Crippen LogP contribution in [0.15, 0.2) is 48.5 Å². The summed E-state index contributed by atoms with van der Waals surface area (Å²) in [5.74, 6) is 1.86.